The Morgan fingerprint density at radius 1 is 1.33 bits per heavy atom. The van der Waals surface area contributed by atoms with Crippen LogP contribution in [0.5, 0.6) is 0 Å². The van der Waals surface area contributed by atoms with Gasteiger partial charge < -0.3 is 26.1 Å². The van der Waals surface area contributed by atoms with Gasteiger partial charge in [0.2, 0.25) is 5.95 Å². The van der Waals surface area contributed by atoms with E-state index in [2.05, 4.69) is 32.4 Å². The number of nitrogens with one attached hydrogen (secondary N) is 4. The van der Waals surface area contributed by atoms with E-state index in [4.69, 9.17) is 10.1 Å². The Morgan fingerprint density at radius 2 is 2.07 bits per heavy atom. The van der Waals surface area contributed by atoms with Crippen molar-refractivity contribution in [2.24, 2.45) is 0 Å². The Bertz CT molecular complexity index is 874. The van der Waals surface area contributed by atoms with E-state index in [-0.39, 0.29) is 11.9 Å². The van der Waals surface area contributed by atoms with Gasteiger partial charge in [0.15, 0.2) is 0 Å². The highest BCUT2D eigenvalue weighted by Gasteiger charge is 2.20. The minimum Gasteiger partial charge on any atom is -0.379 e. The summed E-state index contributed by atoms with van der Waals surface area (Å²) in [5.74, 6) is 1.33. The monoisotopic (exact) mass is 415 g/mol. The molecule has 1 aliphatic heterocycles. The highest BCUT2D eigenvalue weighted by atomic mass is 19.1. The molecule has 0 saturated carbocycles. The van der Waals surface area contributed by atoms with E-state index in [1.165, 1.54) is 12.3 Å². The largest absolute Gasteiger partial charge is 0.379 e. The Hall–Kier alpha value is -2.91. The SMILES string of the molecule is C=C(NCCN1CCOCC1)Nc1c(C=N)nc(Nc2ccccc2F)n1C(C)C. The molecule has 3 rings (SSSR count). The first-order valence-electron chi connectivity index (χ1n) is 10.1. The molecular weight excluding hydrogens is 385 g/mol. The van der Waals surface area contributed by atoms with Crippen LogP contribution in [0.2, 0.25) is 0 Å². The summed E-state index contributed by atoms with van der Waals surface area (Å²) in [4.78, 5) is 6.82. The van der Waals surface area contributed by atoms with E-state index in [0.717, 1.165) is 39.4 Å². The predicted octanol–water partition coefficient (Wildman–Crippen LogP) is 3.15. The van der Waals surface area contributed by atoms with E-state index in [1.807, 2.05) is 18.4 Å². The van der Waals surface area contributed by atoms with E-state index in [9.17, 15) is 4.39 Å². The van der Waals surface area contributed by atoms with Gasteiger partial charge in [0.1, 0.15) is 17.3 Å². The molecule has 1 saturated heterocycles. The van der Waals surface area contributed by atoms with Crippen LogP contribution in [0, 0.1) is 11.2 Å². The lowest BCUT2D eigenvalue weighted by atomic mass is 10.3. The van der Waals surface area contributed by atoms with E-state index < -0.39 is 0 Å². The third-order valence-electron chi connectivity index (χ3n) is 4.85. The molecule has 4 N–H and O–H groups in total. The summed E-state index contributed by atoms with van der Waals surface area (Å²) in [5.41, 5.74) is 0.772. The first kappa shape index (κ1) is 21.8. The lowest BCUT2D eigenvalue weighted by molar-refractivity contribution is 0.0387. The highest BCUT2D eigenvalue weighted by molar-refractivity contribution is 5.84. The lowest BCUT2D eigenvalue weighted by Crippen LogP contribution is -2.40. The van der Waals surface area contributed by atoms with Gasteiger partial charge in [-0.15, -0.1) is 0 Å². The molecule has 9 heteroatoms. The summed E-state index contributed by atoms with van der Waals surface area (Å²) >= 11 is 0. The van der Waals surface area contributed by atoms with Crippen LogP contribution in [-0.4, -0.2) is 60.1 Å². The number of imidazole rings is 1. The number of nitrogens with zero attached hydrogens (tertiary/aromatic N) is 3. The fourth-order valence-corrected chi connectivity index (χ4v) is 3.33. The molecule has 0 aliphatic carbocycles. The Balaban J connectivity index is 1.71. The van der Waals surface area contributed by atoms with Crippen LogP contribution in [0.4, 0.5) is 21.8 Å². The smallest absolute Gasteiger partial charge is 0.209 e. The molecule has 1 aliphatic rings. The first-order valence-corrected chi connectivity index (χ1v) is 10.1. The van der Waals surface area contributed by atoms with Gasteiger partial charge in [-0.2, -0.15) is 0 Å². The maximum Gasteiger partial charge on any atom is 0.209 e. The number of aromatic nitrogens is 2. The minimum atomic E-state index is -0.365. The van der Waals surface area contributed by atoms with Crippen LogP contribution < -0.4 is 16.0 Å². The van der Waals surface area contributed by atoms with Gasteiger partial charge in [-0.1, -0.05) is 18.7 Å². The summed E-state index contributed by atoms with van der Waals surface area (Å²) < 4.78 is 21.4. The third kappa shape index (κ3) is 5.37. The molecule has 0 amide bonds. The average Bonchev–Trinajstić information content (AvgIpc) is 3.07. The van der Waals surface area contributed by atoms with Gasteiger partial charge in [-0.05, 0) is 26.0 Å². The van der Waals surface area contributed by atoms with Crippen molar-refractivity contribution in [2.45, 2.75) is 19.9 Å². The molecular formula is C21H30FN7O. The van der Waals surface area contributed by atoms with Gasteiger partial charge in [0, 0.05) is 38.4 Å². The molecule has 2 aromatic rings. The van der Waals surface area contributed by atoms with Crippen molar-refractivity contribution in [3.63, 3.8) is 0 Å². The van der Waals surface area contributed by atoms with Crippen molar-refractivity contribution in [3.8, 4) is 0 Å². The van der Waals surface area contributed by atoms with Crippen molar-refractivity contribution in [1.82, 2.24) is 19.8 Å². The topological polar surface area (TPSA) is 90.2 Å². The zero-order valence-corrected chi connectivity index (χ0v) is 17.5. The van der Waals surface area contributed by atoms with E-state index in [1.54, 1.807) is 18.2 Å². The second-order valence-electron chi connectivity index (χ2n) is 7.37. The number of benzene rings is 1. The Labute approximate surface area is 176 Å². The van der Waals surface area contributed by atoms with Gasteiger partial charge in [-0.25, -0.2) is 9.37 Å². The molecule has 0 spiro atoms. The number of para-hydroxylation sites is 1. The fourth-order valence-electron chi connectivity index (χ4n) is 3.33. The maximum atomic E-state index is 14.1. The molecule has 1 aromatic carbocycles. The summed E-state index contributed by atoms with van der Waals surface area (Å²) in [5, 5.41) is 17.3. The van der Waals surface area contributed by atoms with Gasteiger partial charge in [0.25, 0.3) is 0 Å². The molecule has 0 atom stereocenters. The zero-order chi connectivity index (χ0) is 21.5. The standard InChI is InChI=1S/C21H30FN7O/c1-15(2)29-20(25-16(3)24-8-9-28-10-12-30-13-11-28)19(14-23)27-21(29)26-18-7-5-4-6-17(18)22/h4-7,14-15,23-25H,3,8-13H2,1-2H3,(H,26,27). The van der Waals surface area contributed by atoms with Crippen molar-refractivity contribution in [3.05, 3.63) is 48.2 Å². The van der Waals surface area contributed by atoms with Crippen molar-refractivity contribution in [1.29, 1.82) is 5.41 Å². The summed E-state index contributed by atoms with van der Waals surface area (Å²) in [7, 11) is 0. The van der Waals surface area contributed by atoms with E-state index in [0.29, 0.717) is 29.0 Å². The molecule has 1 fully saturated rings. The van der Waals surface area contributed by atoms with Crippen LogP contribution >= 0.6 is 0 Å². The minimum absolute atomic E-state index is 0.0177. The maximum absolute atomic E-state index is 14.1. The summed E-state index contributed by atoms with van der Waals surface area (Å²) in [6.07, 6.45) is 1.18. The van der Waals surface area contributed by atoms with Gasteiger partial charge in [0.05, 0.1) is 24.7 Å². The number of hydrogen-bond acceptors (Lipinski definition) is 7. The molecule has 0 unspecified atom stereocenters. The highest BCUT2D eigenvalue weighted by Crippen LogP contribution is 2.29. The van der Waals surface area contributed by atoms with Gasteiger partial charge in [-0.3, -0.25) is 9.47 Å². The molecule has 30 heavy (non-hydrogen) atoms. The molecule has 8 nitrogen and oxygen atoms in total. The zero-order valence-electron chi connectivity index (χ0n) is 17.5. The molecule has 0 radical (unpaired) electrons. The number of ether oxygens (including phenoxy) is 1. The Morgan fingerprint density at radius 3 is 2.73 bits per heavy atom. The number of rotatable bonds is 10. The van der Waals surface area contributed by atoms with Crippen LogP contribution in [0.15, 0.2) is 36.7 Å². The normalized spacial score (nSPS) is 14.5. The Kier molecular flexibility index (Phi) is 7.42. The summed E-state index contributed by atoms with van der Waals surface area (Å²) in [6, 6.07) is 6.45. The van der Waals surface area contributed by atoms with Crippen LogP contribution in [0.1, 0.15) is 25.6 Å². The van der Waals surface area contributed by atoms with Gasteiger partial charge >= 0.3 is 0 Å². The number of halogens is 1. The van der Waals surface area contributed by atoms with Crippen molar-refractivity contribution >= 4 is 23.7 Å². The molecule has 1 aromatic heterocycles. The lowest BCUT2D eigenvalue weighted by Gasteiger charge is -2.27. The molecule has 0 bridgehead atoms. The second kappa shape index (κ2) is 10.2. The summed E-state index contributed by atoms with van der Waals surface area (Å²) in [6.45, 7) is 13.1. The van der Waals surface area contributed by atoms with Crippen molar-refractivity contribution < 1.29 is 9.13 Å². The average molecular weight is 416 g/mol. The second-order valence-corrected chi connectivity index (χ2v) is 7.37. The molecule has 162 valence electrons. The van der Waals surface area contributed by atoms with Crippen LogP contribution in [0.25, 0.3) is 0 Å². The quantitative estimate of drug-likeness (QED) is 0.446. The number of anilines is 3. The molecule has 2 heterocycles. The van der Waals surface area contributed by atoms with E-state index >= 15 is 0 Å². The fraction of sp³-hybridized carbons (Fsp3) is 0.429. The number of morpholine rings is 1. The van der Waals surface area contributed by atoms with Crippen molar-refractivity contribution in [2.75, 3.05) is 50.0 Å². The number of hydrogen-bond donors (Lipinski definition) is 4. The van der Waals surface area contributed by atoms with Crippen LogP contribution in [-0.2, 0) is 4.74 Å². The third-order valence-corrected chi connectivity index (χ3v) is 4.85. The van der Waals surface area contributed by atoms with Crippen LogP contribution in [0.3, 0.4) is 0 Å². The predicted molar refractivity (Wildman–Crippen MR) is 118 cm³/mol. The first-order chi connectivity index (χ1) is 14.5.